The predicted molar refractivity (Wildman–Crippen MR) is 115 cm³/mol. The molecule has 3 fully saturated rings. The van der Waals surface area contributed by atoms with Gasteiger partial charge >= 0.3 is 0 Å². The molecule has 0 N–H and O–H groups in total. The molecule has 160 valence electrons. The fourth-order valence-corrected chi connectivity index (χ4v) is 6.00. The molecule has 0 aromatic heterocycles. The minimum atomic E-state index is -0.193. The summed E-state index contributed by atoms with van der Waals surface area (Å²) in [5.41, 5.74) is 0.972. The molecule has 4 rings (SSSR count). The zero-order chi connectivity index (χ0) is 20.4. The van der Waals surface area contributed by atoms with Crippen LogP contribution in [0.4, 0.5) is 4.39 Å². The lowest BCUT2D eigenvalue weighted by atomic mass is 9.75. The summed E-state index contributed by atoms with van der Waals surface area (Å²) in [5, 5.41) is 0. The summed E-state index contributed by atoms with van der Waals surface area (Å²) in [4.78, 5) is 18.5. The maximum Gasteiger partial charge on any atom is 0.229 e. The summed E-state index contributed by atoms with van der Waals surface area (Å²) in [6.45, 7) is 7.38. The van der Waals surface area contributed by atoms with Gasteiger partial charge in [0, 0.05) is 18.6 Å². The fraction of sp³-hybridized carbons (Fsp3) is 0.720. The predicted octanol–water partition coefficient (Wildman–Crippen LogP) is 5.04. The van der Waals surface area contributed by atoms with E-state index in [2.05, 4.69) is 23.6 Å². The number of nitrogens with zero attached hydrogens (tertiary/aromatic N) is 2. The molecule has 2 heterocycles. The van der Waals surface area contributed by atoms with E-state index in [1.807, 2.05) is 12.1 Å². The smallest absolute Gasteiger partial charge is 0.229 e. The average molecular weight is 401 g/mol. The molecule has 1 aromatic carbocycles. The number of piperidine rings is 1. The van der Waals surface area contributed by atoms with Crippen molar-refractivity contribution in [2.24, 2.45) is 11.3 Å². The number of benzene rings is 1. The SMILES string of the molecule is CC(C)CN1C(=O)C2(CCN(C3CCCCC3)CC2)CC1Cc1ccc(F)cc1. The van der Waals surface area contributed by atoms with Crippen LogP contribution in [0.3, 0.4) is 0 Å². The van der Waals surface area contributed by atoms with Crippen molar-refractivity contribution in [3.8, 4) is 0 Å². The first-order valence-electron chi connectivity index (χ1n) is 11.8. The van der Waals surface area contributed by atoms with E-state index in [4.69, 9.17) is 0 Å². The van der Waals surface area contributed by atoms with Gasteiger partial charge in [0.2, 0.25) is 5.91 Å². The maximum absolute atomic E-state index is 13.6. The second-order valence-corrected chi connectivity index (χ2v) is 10.1. The normalized spacial score (nSPS) is 26.0. The molecule has 0 bridgehead atoms. The van der Waals surface area contributed by atoms with E-state index in [1.54, 1.807) is 0 Å². The van der Waals surface area contributed by atoms with Crippen molar-refractivity contribution < 1.29 is 9.18 Å². The van der Waals surface area contributed by atoms with Gasteiger partial charge in [-0.1, -0.05) is 45.2 Å². The third-order valence-corrected chi connectivity index (χ3v) is 7.57. The Bertz CT molecular complexity index is 687. The van der Waals surface area contributed by atoms with E-state index < -0.39 is 0 Å². The highest BCUT2D eigenvalue weighted by Gasteiger charge is 2.52. The Balaban J connectivity index is 1.46. The number of amides is 1. The molecule has 1 saturated carbocycles. The van der Waals surface area contributed by atoms with Crippen molar-refractivity contribution in [3.05, 3.63) is 35.6 Å². The van der Waals surface area contributed by atoms with Gasteiger partial charge in [0.25, 0.3) is 0 Å². The van der Waals surface area contributed by atoms with Crippen molar-refractivity contribution in [1.82, 2.24) is 9.80 Å². The average Bonchev–Trinajstić information content (AvgIpc) is 2.96. The first kappa shape index (κ1) is 20.8. The quantitative estimate of drug-likeness (QED) is 0.691. The van der Waals surface area contributed by atoms with E-state index in [-0.39, 0.29) is 17.3 Å². The molecule has 2 saturated heterocycles. The topological polar surface area (TPSA) is 23.6 Å². The van der Waals surface area contributed by atoms with Crippen molar-refractivity contribution >= 4 is 5.91 Å². The monoisotopic (exact) mass is 400 g/mol. The molecular formula is C25H37FN2O. The molecule has 1 amide bonds. The molecule has 1 aromatic rings. The van der Waals surface area contributed by atoms with Gasteiger partial charge in [-0.3, -0.25) is 4.79 Å². The first-order valence-corrected chi connectivity index (χ1v) is 11.8. The fourth-order valence-electron chi connectivity index (χ4n) is 6.00. The Morgan fingerprint density at radius 2 is 1.72 bits per heavy atom. The Morgan fingerprint density at radius 3 is 2.34 bits per heavy atom. The zero-order valence-corrected chi connectivity index (χ0v) is 18.2. The molecule has 3 aliphatic rings. The molecule has 0 radical (unpaired) electrons. The van der Waals surface area contributed by atoms with Gasteiger partial charge < -0.3 is 9.80 Å². The molecule has 1 atom stereocenters. The molecule has 3 nitrogen and oxygen atoms in total. The second-order valence-electron chi connectivity index (χ2n) is 10.1. The minimum absolute atomic E-state index is 0.162. The maximum atomic E-state index is 13.6. The van der Waals surface area contributed by atoms with Crippen LogP contribution in [-0.4, -0.2) is 47.4 Å². The van der Waals surface area contributed by atoms with Gasteiger partial charge in [-0.2, -0.15) is 0 Å². The van der Waals surface area contributed by atoms with Crippen molar-refractivity contribution in [2.45, 2.75) is 83.7 Å². The Hall–Kier alpha value is -1.42. The molecular weight excluding hydrogens is 363 g/mol. The van der Waals surface area contributed by atoms with Crippen LogP contribution in [0.2, 0.25) is 0 Å². The van der Waals surface area contributed by atoms with Crippen LogP contribution in [0, 0.1) is 17.2 Å². The summed E-state index contributed by atoms with van der Waals surface area (Å²) >= 11 is 0. The van der Waals surface area contributed by atoms with Crippen molar-refractivity contribution in [1.29, 1.82) is 0 Å². The van der Waals surface area contributed by atoms with Crippen LogP contribution in [0.1, 0.15) is 70.8 Å². The largest absolute Gasteiger partial charge is 0.339 e. The van der Waals surface area contributed by atoms with Gasteiger partial charge in [0.15, 0.2) is 0 Å². The van der Waals surface area contributed by atoms with E-state index in [9.17, 15) is 9.18 Å². The van der Waals surface area contributed by atoms with Gasteiger partial charge in [0.05, 0.1) is 5.41 Å². The minimum Gasteiger partial charge on any atom is -0.339 e. The Labute approximate surface area is 175 Å². The Morgan fingerprint density at radius 1 is 1.07 bits per heavy atom. The van der Waals surface area contributed by atoms with Crippen LogP contribution in [-0.2, 0) is 11.2 Å². The van der Waals surface area contributed by atoms with Gasteiger partial charge in [0.1, 0.15) is 5.82 Å². The van der Waals surface area contributed by atoms with E-state index in [0.29, 0.717) is 11.8 Å². The lowest BCUT2D eigenvalue weighted by molar-refractivity contribution is -0.139. The van der Waals surface area contributed by atoms with Gasteiger partial charge in [-0.25, -0.2) is 4.39 Å². The summed E-state index contributed by atoms with van der Waals surface area (Å²) < 4.78 is 13.3. The number of carbonyl (C=O) groups is 1. The van der Waals surface area contributed by atoms with Crippen LogP contribution in [0.25, 0.3) is 0 Å². The third-order valence-electron chi connectivity index (χ3n) is 7.57. The molecule has 1 spiro atoms. The Kier molecular flexibility index (Phi) is 6.29. The van der Waals surface area contributed by atoms with Crippen molar-refractivity contribution in [3.63, 3.8) is 0 Å². The lowest BCUT2D eigenvalue weighted by Crippen LogP contribution is -2.48. The highest BCUT2D eigenvalue weighted by atomic mass is 19.1. The zero-order valence-electron chi connectivity index (χ0n) is 18.2. The number of carbonyl (C=O) groups excluding carboxylic acids is 1. The van der Waals surface area contributed by atoms with Crippen LogP contribution < -0.4 is 0 Å². The van der Waals surface area contributed by atoms with E-state index in [0.717, 1.165) is 56.9 Å². The number of halogens is 1. The molecule has 1 unspecified atom stereocenters. The lowest BCUT2D eigenvalue weighted by Gasteiger charge is -2.42. The van der Waals surface area contributed by atoms with E-state index in [1.165, 1.54) is 44.2 Å². The first-order chi connectivity index (χ1) is 14.0. The number of hydrogen-bond donors (Lipinski definition) is 0. The van der Waals surface area contributed by atoms with Crippen molar-refractivity contribution in [2.75, 3.05) is 19.6 Å². The van der Waals surface area contributed by atoms with Crippen LogP contribution >= 0.6 is 0 Å². The number of likely N-dealkylation sites (tertiary alicyclic amines) is 2. The molecule has 2 aliphatic heterocycles. The summed E-state index contributed by atoms with van der Waals surface area (Å²) in [5.74, 6) is 0.663. The highest BCUT2D eigenvalue weighted by molar-refractivity contribution is 5.85. The van der Waals surface area contributed by atoms with Crippen LogP contribution in [0.15, 0.2) is 24.3 Å². The number of hydrogen-bond acceptors (Lipinski definition) is 2. The van der Waals surface area contributed by atoms with Gasteiger partial charge in [-0.05, 0) is 75.2 Å². The van der Waals surface area contributed by atoms with Gasteiger partial charge in [-0.15, -0.1) is 0 Å². The standard InChI is InChI=1S/C25H37FN2O/c1-19(2)18-28-23(16-20-8-10-21(26)11-9-20)17-25(24(28)29)12-14-27(15-13-25)22-6-4-3-5-7-22/h8-11,19,22-23H,3-7,12-18H2,1-2H3. The third kappa shape index (κ3) is 4.52. The summed E-state index contributed by atoms with van der Waals surface area (Å²) in [6.07, 6.45) is 10.6. The van der Waals surface area contributed by atoms with E-state index >= 15 is 0 Å². The molecule has 1 aliphatic carbocycles. The second kappa shape index (κ2) is 8.75. The molecule has 29 heavy (non-hydrogen) atoms. The highest BCUT2D eigenvalue weighted by Crippen LogP contribution is 2.46. The molecule has 4 heteroatoms. The van der Waals surface area contributed by atoms with Crippen LogP contribution in [0.5, 0.6) is 0 Å². The number of rotatable bonds is 5. The summed E-state index contributed by atoms with van der Waals surface area (Å²) in [6, 6.07) is 7.83. The summed E-state index contributed by atoms with van der Waals surface area (Å²) in [7, 11) is 0.